The first-order chi connectivity index (χ1) is 10.8. The Morgan fingerprint density at radius 2 is 1.65 bits per heavy atom. The van der Waals surface area contributed by atoms with Crippen molar-refractivity contribution in [3.05, 3.63) is 65.7 Å². The second-order valence-electron chi connectivity index (χ2n) is 6.86. The van der Waals surface area contributed by atoms with Crippen molar-refractivity contribution >= 4 is 9.84 Å². The molecule has 3 rings (SSSR count). The van der Waals surface area contributed by atoms with E-state index in [1.165, 1.54) is 0 Å². The summed E-state index contributed by atoms with van der Waals surface area (Å²) in [5, 5.41) is 3.64. The van der Waals surface area contributed by atoms with E-state index < -0.39 is 15.4 Å². The molecule has 1 N–H and O–H groups in total. The number of hydrogen-bond acceptors (Lipinski definition) is 3. The fourth-order valence-corrected chi connectivity index (χ4v) is 5.36. The molecule has 0 bridgehead atoms. The quantitative estimate of drug-likeness (QED) is 0.916. The Kier molecular flexibility index (Phi) is 4.07. The number of hydrogen-bond donors (Lipinski definition) is 1. The van der Waals surface area contributed by atoms with Crippen LogP contribution in [0.3, 0.4) is 0 Å². The van der Waals surface area contributed by atoms with Crippen LogP contribution in [0.2, 0.25) is 0 Å². The van der Waals surface area contributed by atoms with E-state index in [9.17, 15) is 8.42 Å². The molecule has 0 saturated carbocycles. The zero-order chi connectivity index (χ0) is 16.7. The van der Waals surface area contributed by atoms with Gasteiger partial charge in [-0.2, -0.15) is 0 Å². The van der Waals surface area contributed by atoms with Gasteiger partial charge in [0.05, 0.1) is 16.7 Å². The van der Waals surface area contributed by atoms with E-state index >= 15 is 0 Å². The van der Waals surface area contributed by atoms with E-state index in [1.54, 1.807) is 12.1 Å². The molecule has 1 heterocycles. The van der Waals surface area contributed by atoms with Crippen molar-refractivity contribution in [1.82, 2.24) is 5.32 Å². The first kappa shape index (κ1) is 16.2. The van der Waals surface area contributed by atoms with Gasteiger partial charge in [0.1, 0.15) is 0 Å². The fraction of sp³-hybridized carbons (Fsp3) is 0.368. The van der Waals surface area contributed by atoms with Gasteiger partial charge in [0.25, 0.3) is 0 Å². The molecule has 23 heavy (non-hydrogen) atoms. The molecular formula is C19H23NO2S. The minimum Gasteiger partial charge on any atom is -0.300 e. The Morgan fingerprint density at radius 3 is 2.30 bits per heavy atom. The molecule has 2 aromatic carbocycles. The van der Waals surface area contributed by atoms with Crippen molar-refractivity contribution in [3.8, 4) is 0 Å². The molecule has 1 aliphatic rings. The Bertz CT molecular complexity index is 799. The Hall–Kier alpha value is -1.65. The van der Waals surface area contributed by atoms with Crippen LogP contribution in [0.15, 0.2) is 59.5 Å². The number of fused-ring (bicyclic) bond motifs is 1. The summed E-state index contributed by atoms with van der Waals surface area (Å²) < 4.78 is 25.9. The summed E-state index contributed by atoms with van der Waals surface area (Å²) in [7, 11) is -3.33. The maximum absolute atomic E-state index is 12.9. The zero-order valence-corrected chi connectivity index (χ0v) is 14.6. The van der Waals surface area contributed by atoms with Crippen LogP contribution < -0.4 is 5.32 Å². The van der Waals surface area contributed by atoms with Gasteiger partial charge in [-0.15, -0.1) is 0 Å². The highest BCUT2D eigenvalue weighted by molar-refractivity contribution is 7.91. The lowest BCUT2D eigenvalue weighted by molar-refractivity contribution is 0.274. The number of benzene rings is 2. The normalized spacial score (nSPS) is 26.5. The number of nitrogens with one attached hydrogen (secondary N) is 1. The summed E-state index contributed by atoms with van der Waals surface area (Å²) in [6, 6.07) is 17.3. The Labute approximate surface area is 138 Å². The molecule has 2 aromatic rings. The predicted molar refractivity (Wildman–Crippen MR) is 93.2 cm³/mol. The Balaban J connectivity index is 2.24. The van der Waals surface area contributed by atoms with E-state index in [0.717, 1.165) is 11.1 Å². The van der Waals surface area contributed by atoms with Gasteiger partial charge in [-0.1, -0.05) is 62.4 Å². The molecule has 0 aliphatic carbocycles. The molecule has 0 radical (unpaired) electrons. The van der Waals surface area contributed by atoms with Crippen LogP contribution in [-0.4, -0.2) is 19.7 Å². The summed E-state index contributed by atoms with van der Waals surface area (Å²) in [5.74, 6) is 0.302. The van der Waals surface area contributed by atoms with Crippen LogP contribution in [0.5, 0.6) is 0 Å². The summed E-state index contributed by atoms with van der Waals surface area (Å²) in [6.45, 7) is 6.15. The van der Waals surface area contributed by atoms with Crippen molar-refractivity contribution in [2.75, 3.05) is 5.75 Å². The zero-order valence-electron chi connectivity index (χ0n) is 13.8. The van der Waals surface area contributed by atoms with E-state index in [2.05, 4.69) is 19.2 Å². The van der Waals surface area contributed by atoms with Gasteiger partial charge in [-0.25, -0.2) is 8.42 Å². The first-order valence-electron chi connectivity index (χ1n) is 7.98. The van der Waals surface area contributed by atoms with Crippen molar-refractivity contribution in [2.45, 2.75) is 37.2 Å². The molecule has 122 valence electrons. The Morgan fingerprint density at radius 1 is 1.04 bits per heavy atom. The monoisotopic (exact) mass is 329 g/mol. The molecule has 0 aromatic heterocycles. The highest BCUT2D eigenvalue weighted by Crippen LogP contribution is 2.37. The van der Waals surface area contributed by atoms with Crippen LogP contribution >= 0.6 is 0 Å². The van der Waals surface area contributed by atoms with Crippen molar-refractivity contribution in [3.63, 3.8) is 0 Å². The number of rotatable bonds is 2. The topological polar surface area (TPSA) is 46.2 Å². The van der Waals surface area contributed by atoms with Crippen molar-refractivity contribution < 1.29 is 8.42 Å². The lowest BCUT2D eigenvalue weighted by atomic mass is 9.87. The third-order valence-corrected chi connectivity index (χ3v) is 6.96. The minimum absolute atomic E-state index is 0.109. The van der Waals surface area contributed by atoms with Crippen LogP contribution in [-0.2, 0) is 9.84 Å². The largest absolute Gasteiger partial charge is 0.300 e. The van der Waals surface area contributed by atoms with Gasteiger partial charge in [0, 0.05) is 5.54 Å². The molecule has 0 unspecified atom stereocenters. The predicted octanol–water partition coefficient (Wildman–Crippen LogP) is 3.57. The standard InChI is InChI=1S/C19H23NO2S/c1-14(2)19(3)13-23(21,22)17-12-8-7-11-16(17)18(20-19)15-9-5-4-6-10-15/h4-12,14,18,20H,13H2,1-3H3/t18-,19-/m0/s1. The van der Waals surface area contributed by atoms with Gasteiger partial charge < -0.3 is 0 Å². The highest BCUT2D eigenvalue weighted by Gasteiger charge is 2.41. The molecule has 0 saturated heterocycles. The summed E-state index contributed by atoms with van der Waals surface area (Å²) in [4.78, 5) is 0.450. The van der Waals surface area contributed by atoms with E-state index in [-0.39, 0.29) is 17.7 Å². The third-order valence-electron chi connectivity index (χ3n) is 4.94. The van der Waals surface area contributed by atoms with Gasteiger partial charge in [-0.3, -0.25) is 5.32 Å². The van der Waals surface area contributed by atoms with Gasteiger partial charge in [0.15, 0.2) is 9.84 Å². The smallest absolute Gasteiger partial charge is 0.180 e. The van der Waals surface area contributed by atoms with Crippen molar-refractivity contribution in [1.29, 1.82) is 0 Å². The lowest BCUT2D eigenvalue weighted by Gasteiger charge is -2.36. The van der Waals surface area contributed by atoms with Gasteiger partial charge in [0.2, 0.25) is 0 Å². The second-order valence-corrected chi connectivity index (χ2v) is 8.82. The van der Waals surface area contributed by atoms with Crippen LogP contribution in [0, 0.1) is 5.92 Å². The minimum atomic E-state index is -3.33. The molecule has 0 fully saturated rings. The van der Waals surface area contributed by atoms with E-state index in [0.29, 0.717) is 4.90 Å². The van der Waals surface area contributed by atoms with Crippen LogP contribution in [0.4, 0.5) is 0 Å². The lowest BCUT2D eigenvalue weighted by Crippen LogP contribution is -2.51. The van der Waals surface area contributed by atoms with Crippen LogP contribution in [0.25, 0.3) is 0 Å². The highest BCUT2D eigenvalue weighted by atomic mass is 32.2. The molecule has 4 heteroatoms. The second kappa shape index (κ2) is 5.77. The van der Waals surface area contributed by atoms with E-state index in [4.69, 9.17) is 0 Å². The fourth-order valence-electron chi connectivity index (χ4n) is 3.17. The molecule has 0 spiro atoms. The summed E-state index contributed by atoms with van der Waals surface area (Å²) in [6.07, 6.45) is 0. The third kappa shape index (κ3) is 2.93. The SMILES string of the molecule is CC(C)[C@]1(C)CS(=O)(=O)c2ccccc2[C@H](c2ccccc2)N1. The summed E-state index contributed by atoms with van der Waals surface area (Å²) in [5.41, 5.74) is 1.44. The van der Waals surface area contributed by atoms with Crippen molar-refractivity contribution in [2.24, 2.45) is 5.92 Å². The molecule has 0 amide bonds. The van der Waals surface area contributed by atoms with E-state index in [1.807, 2.05) is 49.4 Å². The molecule has 2 atom stereocenters. The molecule has 1 aliphatic heterocycles. The van der Waals surface area contributed by atoms with Gasteiger partial charge >= 0.3 is 0 Å². The maximum atomic E-state index is 12.9. The van der Waals surface area contributed by atoms with Crippen LogP contribution in [0.1, 0.15) is 37.9 Å². The molecular weight excluding hydrogens is 306 g/mol. The average molecular weight is 329 g/mol. The molecule has 3 nitrogen and oxygen atoms in total. The average Bonchev–Trinajstić information content (AvgIpc) is 2.62. The maximum Gasteiger partial charge on any atom is 0.180 e. The summed E-state index contributed by atoms with van der Waals surface area (Å²) >= 11 is 0. The first-order valence-corrected chi connectivity index (χ1v) is 9.63. The van der Waals surface area contributed by atoms with Gasteiger partial charge in [-0.05, 0) is 30.0 Å². The number of sulfone groups is 1.